The third-order valence-corrected chi connectivity index (χ3v) is 5.88. The molecule has 24 heavy (non-hydrogen) atoms. The van der Waals surface area contributed by atoms with Gasteiger partial charge in [-0.05, 0) is 32.4 Å². The zero-order valence-corrected chi connectivity index (χ0v) is 14.6. The first-order valence-electron chi connectivity index (χ1n) is 7.49. The molecule has 0 aliphatic carbocycles. The fourth-order valence-electron chi connectivity index (χ4n) is 2.71. The second kappa shape index (κ2) is 6.76. The molecule has 1 amide bonds. The van der Waals surface area contributed by atoms with Gasteiger partial charge in [-0.1, -0.05) is 0 Å². The van der Waals surface area contributed by atoms with Crippen molar-refractivity contribution in [3.63, 3.8) is 0 Å². The molecule has 1 aromatic rings. The number of ether oxygens (including phenoxy) is 1. The van der Waals surface area contributed by atoms with Crippen LogP contribution < -0.4 is 4.74 Å². The van der Waals surface area contributed by atoms with Crippen molar-refractivity contribution in [2.24, 2.45) is 0 Å². The molecule has 8 nitrogen and oxygen atoms in total. The number of hydrogen-bond donors (Lipinski definition) is 0. The highest BCUT2D eigenvalue weighted by Gasteiger charge is 2.34. The molecule has 0 aromatic heterocycles. The van der Waals surface area contributed by atoms with Gasteiger partial charge in [0, 0.05) is 24.7 Å². The van der Waals surface area contributed by atoms with E-state index in [9.17, 15) is 23.3 Å². The molecule has 1 heterocycles. The fraction of sp³-hybridized carbons (Fsp3) is 0.533. The lowest BCUT2D eigenvalue weighted by Gasteiger charge is -2.26. The van der Waals surface area contributed by atoms with Gasteiger partial charge in [0.1, 0.15) is 5.75 Å². The van der Waals surface area contributed by atoms with Crippen molar-refractivity contribution in [3.8, 4) is 5.75 Å². The van der Waals surface area contributed by atoms with Crippen LogP contribution in [-0.2, 0) is 14.6 Å². The Balaban J connectivity index is 2.04. The Labute approximate surface area is 140 Å². The van der Waals surface area contributed by atoms with Gasteiger partial charge >= 0.3 is 0 Å². The van der Waals surface area contributed by atoms with Crippen LogP contribution >= 0.6 is 0 Å². The summed E-state index contributed by atoms with van der Waals surface area (Å²) in [5.74, 6) is 0.0875. The number of nitrogens with zero attached hydrogens (tertiary/aromatic N) is 2. The molecule has 132 valence electrons. The summed E-state index contributed by atoms with van der Waals surface area (Å²) in [6, 6.07) is 3.93. The molecule has 2 atom stereocenters. The number of rotatable bonds is 5. The van der Waals surface area contributed by atoms with E-state index in [4.69, 9.17) is 4.74 Å². The highest BCUT2D eigenvalue weighted by atomic mass is 32.2. The Kier molecular flexibility index (Phi) is 5.12. The number of nitro groups is 1. The number of benzene rings is 1. The average Bonchev–Trinajstić information content (AvgIpc) is 2.85. The lowest BCUT2D eigenvalue weighted by Crippen LogP contribution is -2.44. The van der Waals surface area contributed by atoms with E-state index in [2.05, 4.69) is 0 Å². The summed E-state index contributed by atoms with van der Waals surface area (Å²) >= 11 is 0. The molecule has 1 aliphatic heterocycles. The summed E-state index contributed by atoms with van der Waals surface area (Å²) in [6.45, 7) is 3.16. The van der Waals surface area contributed by atoms with Crippen molar-refractivity contribution in [3.05, 3.63) is 33.9 Å². The van der Waals surface area contributed by atoms with Gasteiger partial charge in [-0.2, -0.15) is 0 Å². The van der Waals surface area contributed by atoms with Crippen LogP contribution in [0.5, 0.6) is 5.75 Å². The lowest BCUT2D eigenvalue weighted by molar-refractivity contribution is -0.385. The van der Waals surface area contributed by atoms with Crippen LogP contribution in [0.15, 0.2) is 18.2 Å². The van der Waals surface area contributed by atoms with Crippen LogP contribution in [0, 0.1) is 17.0 Å². The van der Waals surface area contributed by atoms with Crippen LogP contribution in [0.2, 0.25) is 0 Å². The van der Waals surface area contributed by atoms with Crippen molar-refractivity contribution >= 4 is 21.4 Å². The molecule has 0 unspecified atom stereocenters. The number of sulfone groups is 1. The molecule has 0 saturated carbocycles. The van der Waals surface area contributed by atoms with Crippen molar-refractivity contribution in [1.82, 2.24) is 4.90 Å². The van der Waals surface area contributed by atoms with Crippen LogP contribution in [0.1, 0.15) is 18.9 Å². The van der Waals surface area contributed by atoms with Gasteiger partial charge < -0.3 is 9.64 Å². The number of carbonyl (C=O) groups is 1. The van der Waals surface area contributed by atoms with Crippen LogP contribution in [-0.4, -0.2) is 54.8 Å². The second-order valence-electron chi connectivity index (χ2n) is 5.97. The molecule has 9 heteroatoms. The summed E-state index contributed by atoms with van der Waals surface area (Å²) in [5.41, 5.74) is 0.419. The summed E-state index contributed by atoms with van der Waals surface area (Å²) in [6.07, 6.45) is -0.396. The molecule has 0 spiro atoms. The van der Waals surface area contributed by atoms with E-state index in [0.717, 1.165) is 0 Å². The topological polar surface area (TPSA) is 107 Å². The molecule has 0 radical (unpaired) electrons. The molecule has 0 N–H and O–H groups in total. The van der Waals surface area contributed by atoms with Gasteiger partial charge in [0.15, 0.2) is 15.9 Å². The monoisotopic (exact) mass is 356 g/mol. The molecule has 1 saturated heterocycles. The molecule has 2 rings (SSSR count). The zero-order chi connectivity index (χ0) is 18.1. The number of likely N-dealkylation sites (N-methyl/N-ethyl adjacent to an activating group) is 1. The Bertz CT molecular complexity index is 761. The molecule has 1 aromatic carbocycles. The first-order valence-corrected chi connectivity index (χ1v) is 9.31. The zero-order valence-electron chi connectivity index (χ0n) is 13.8. The minimum atomic E-state index is -3.08. The first-order chi connectivity index (χ1) is 11.1. The van der Waals surface area contributed by atoms with Gasteiger partial charge in [0.25, 0.3) is 11.6 Å². The number of carbonyl (C=O) groups excluding carboxylic acids is 1. The van der Waals surface area contributed by atoms with Gasteiger partial charge in [-0.25, -0.2) is 8.42 Å². The predicted octanol–water partition coefficient (Wildman–Crippen LogP) is 1.32. The number of nitro benzene ring substituents is 1. The van der Waals surface area contributed by atoms with Crippen LogP contribution in [0.25, 0.3) is 0 Å². The minimum Gasteiger partial charge on any atom is -0.481 e. The summed E-state index contributed by atoms with van der Waals surface area (Å²) in [5, 5.41) is 10.8. The molecule has 0 bridgehead atoms. The van der Waals surface area contributed by atoms with Crippen molar-refractivity contribution in [2.75, 3.05) is 18.6 Å². The van der Waals surface area contributed by atoms with E-state index in [0.29, 0.717) is 17.7 Å². The summed E-state index contributed by atoms with van der Waals surface area (Å²) < 4.78 is 28.6. The maximum atomic E-state index is 12.4. The second-order valence-corrected chi connectivity index (χ2v) is 8.20. The van der Waals surface area contributed by atoms with Gasteiger partial charge in [0.05, 0.1) is 16.4 Å². The average molecular weight is 356 g/mol. The predicted molar refractivity (Wildman–Crippen MR) is 87.8 cm³/mol. The molecule has 1 aliphatic rings. The van der Waals surface area contributed by atoms with Crippen molar-refractivity contribution in [1.29, 1.82) is 0 Å². The Morgan fingerprint density at radius 1 is 1.46 bits per heavy atom. The number of aryl methyl sites for hydroxylation is 1. The Hall–Kier alpha value is -2.16. The number of hydrogen-bond acceptors (Lipinski definition) is 6. The highest BCUT2D eigenvalue weighted by Crippen LogP contribution is 2.24. The van der Waals surface area contributed by atoms with Crippen LogP contribution in [0.4, 0.5) is 5.69 Å². The molecular weight excluding hydrogens is 336 g/mol. The Morgan fingerprint density at radius 2 is 2.12 bits per heavy atom. The van der Waals surface area contributed by atoms with Crippen LogP contribution in [0.3, 0.4) is 0 Å². The van der Waals surface area contributed by atoms with Gasteiger partial charge in [-0.15, -0.1) is 0 Å². The minimum absolute atomic E-state index is 0.0189. The van der Waals surface area contributed by atoms with Crippen molar-refractivity contribution < 1.29 is 22.9 Å². The maximum Gasteiger partial charge on any atom is 0.272 e. The smallest absolute Gasteiger partial charge is 0.272 e. The maximum absolute atomic E-state index is 12.4. The SMILES string of the molecule is Cc1cc(O[C@H](C)C(=O)N(C)[C@H]2CCS(=O)(=O)C2)ccc1[N+](=O)[O-]. The third kappa shape index (κ3) is 4.02. The van der Waals surface area contributed by atoms with E-state index in [1.54, 1.807) is 20.9 Å². The van der Waals surface area contributed by atoms with E-state index in [-0.39, 0.29) is 29.1 Å². The van der Waals surface area contributed by atoms with E-state index in [1.807, 2.05) is 0 Å². The van der Waals surface area contributed by atoms with Gasteiger partial charge in [-0.3, -0.25) is 14.9 Å². The van der Waals surface area contributed by atoms with Crippen molar-refractivity contribution in [2.45, 2.75) is 32.4 Å². The van der Waals surface area contributed by atoms with Gasteiger partial charge in [0.2, 0.25) is 0 Å². The standard InChI is InChI=1S/C15H20N2O6S/c1-10-8-13(4-5-14(10)17(19)20)23-11(2)15(18)16(3)12-6-7-24(21,22)9-12/h4-5,8,11-12H,6-7,9H2,1-3H3/t11-,12+/m1/s1. The first kappa shape index (κ1) is 18.2. The normalized spacial score (nSPS) is 20.4. The molecule has 1 fully saturated rings. The third-order valence-electron chi connectivity index (χ3n) is 4.13. The van der Waals surface area contributed by atoms with E-state index < -0.39 is 20.9 Å². The fourth-order valence-corrected chi connectivity index (χ4v) is 4.48. The highest BCUT2D eigenvalue weighted by molar-refractivity contribution is 7.91. The lowest BCUT2D eigenvalue weighted by atomic mass is 10.2. The molecular formula is C15H20N2O6S. The van der Waals surface area contributed by atoms with E-state index in [1.165, 1.54) is 23.1 Å². The quantitative estimate of drug-likeness (QED) is 0.582. The van der Waals surface area contributed by atoms with E-state index >= 15 is 0 Å². The Morgan fingerprint density at radius 3 is 2.62 bits per heavy atom. The summed E-state index contributed by atoms with van der Waals surface area (Å²) in [7, 11) is -1.51. The number of amides is 1. The summed E-state index contributed by atoms with van der Waals surface area (Å²) in [4.78, 5) is 24.1. The largest absolute Gasteiger partial charge is 0.481 e.